The zero-order chi connectivity index (χ0) is 21.2. The molecule has 0 fully saturated rings. The predicted octanol–water partition coefficient (Wildman–Crippen LogP) is 4.50. The molecule has 0 saturated carbocycles. The number of halogens is 7. The zero-order valence-electron chi connectivity index (χ0n) is 14.1. The molecule has 0 saturated heterocycles. The first-order valence-corrected chi connectivity index (χ1v) is 7.54. The first-order valence-electron chi connectivity index (χ1n) is 7.54. The molecule has 11 heteroatoms. The lowest BCUT2D eigenvalue weighted by Crippen LogP contribution is -2.72. The van der Waals surface area contributed by atoms with Crippen molar-refractivity contribution in [3.05, 3.63) is 59.9 Å². The van der Waals surface area contributed by atoms with Crippen molar-refractivity contribution in [1.82, 2.24) is 5.32 Å². The number of para-hydroxylation sites is 2. The Morgan fingerprint density at radius 3 is 1.93 bits per heavy atom. The molecule has 2 aromatic carbocycles. The Hall–Kier alpha value is -2.98. The molecule has 0 heterocycles. The highest BCUT2D eigenvalue weighted by Crippen LogP contribution is 2.45. The van der Waals surface area contributed by atoms with Gasteiger partial charge >= 0.3 is 18.0 Å². The van der Waals surface area contributed by atoms with Crippen LogP contribution < -0.4 is 15.4 Å². The molecular formula is C17H13F7N2O2. The van der Waals surface area contributed by atoms with E-state index >= 15 is 0 Å². The summed E-state index contributed by atoms with van der Waals surface area (Å²) in [4.78, 5) is 12.1. The summed E-state index contributed by atoms with van der Waals surface area (Å²) >= 11 is 0. The van der Waals surface area contributed by atoms with Crippen molar-refractivity contribution in [3.63, 3.8) is 0 Å². The molecule has 2 rings (SSSR count). The van der Waals surface area contributed by atoms with Gasteiger partial charge in [-0.2, -0.15) is 26.3 Å². The number of ether oxygens (including phenoxy) is 1. The number of rotatable bonds is 5. The van der Waals surface area contributed by atoms with Crippen LogP contribution in [-0.2, 0) is 0 Å². The monoisotopic (exact) mass is 410 g/mol. The fourth-order valence-corrected chi connectivity index (χ4v) is 2.27. The van der Waals surface area contributed by atoms with E-state index in [0.717, 1.165) is 48.8 Å². The van der Waals surface area contributed by atoms with E-state index in [1.807, 2.05) is 0 Å². The van der Waals surface area contributed by atoms with Gasteiger partial charge in [-0.15, -0.1) is 0 Å². The van der Waals surface area contributed by atoms with Crippen molar-refractivity contribution in [3.8, 4) is 5.75 Å². The maximum atomic E-state index is 13.6. The van der Waals surface area contributed by atoms with E-state index in [0.29, 0.717) is 0 Å². The molecule has 0 aliphatic rings. The number of carbonyl (C=O) groups excluding carboxylic acids is 1. The summed E-state index contributed by atoms with van der Waals surface area (Å²) in [6.07, 6.45) is -12.0. The van der Waals surface area contributed by atoms with E-state index in [-0.39, 0.29) is 5.75 Å². The van der Waals surface area contributed by atoms with Crippen LogP contribution in [0.15, 0.2) is 48.5 Å². The Kier molecular flexibility index (Phi) is 5.76. The van der Waals surface area contributed by atoms with Gasteiger partial charge in [-0.3, -0.25) is 4.79 Å². The summed E-state index contributed by atoms with van der Waals surface area (Å²) in [7, 11) is 1.06. The SMILES string of the molecule is COc1ccccc1NC(NC(=O)c1ccc(F)cc1)(C(F)(F)F)C(F)(F)F. The number of alkyl halides is 6. The number of carbonyl (C=O) groups is 1. The topological polar surface area (TPSA) is 50.4 Å². The van der Waals surface area contributed by atoms with Gasteiger partial charge in [0.15, 0.2) is 0 Å². The van der Waals surface area contributed by atoms with Crippen LogP contribution in [0.25, 0.3) is 0 Å². The molecule has 0 aromatic heterocycles. The number of hydrogen-bond donors (Lipinski definition) is 2. The van der Waals surface area contributed by atoms with E-state index in [9.17, 15) is 35.5 Å². The normalized spacial score (nSPS) is 12.4. The minimum absolute atomic E-state index is 0.309. The third-order valence-corrected chi connectivity index (χ3v) is 3.69. The summed E-state index contributed by atoms with van der Waals surface area (Å²) in [5.74, 6) is -2.84. The number of benzene rings is 2. The lowest BCUT2D eigenvalue weighted by Gasteiger charge is -2.39. The lowest BCUT2D eigenvalue weighted by atomic mass is 10.1. The van der Waals surface area contributed by atoms with Crippen LogP contribution >= 0.6 is 0 Å². The molecule has 2 aromatic rings. The largest absolute Gasteiger partial charge is 0.495 e. The Morgan fingerprint density at radius 2 is 1.43 bits per heavy atom. The molecule has 4 nitrogen and oxygen atoms in total. The number of methoxy groups -OCH3 is 1. The summed E-state index contributed by atoms with van der Waals surface area (Å²) in [6.45, 7) is 0. The van der Waals surface area contributed by atoms with Gasteiger partial charge in [-0.05, 0) is 36.4 Å². The second-order valence-electron chi connectivity index (χ2n) is 5.53. The van der Waals surface area contributed by atoms with Crippen LogP contribution in [0.5, 0.6) is 5.75 Å². The highest BCUT2D eigenvalue weighted by molar-refractivity contribution is 5.95. The van der Waals surface area contributed by atoms with Crippen molar-refractivity contribution in [2.75, 3.05) is 12.4 Å². The van der Waals surface area contributed by atoms with Crippen molar-refractivity contribution in [1.29, 1.82) is 0 Å². The Bertz CT molecular complexity index is 819. The van der Waals surface area contributed by atoms with Gasteiger partial charge in [0.25, 0.3) is 5.91 Å². The van der Waals surface area contributed by atoms with Gasteiger partial charge in [0.05, 0.1) is 12.8 Å². The van der Waals surface area contributed by atoms with E-state index < -0.39 is 41.0 Å². The summed E-state index contributed by atoms with van der Waals surface area (Å²) in [5, 5.41) is 2.29. The van der Waals surface area contributed by atoms with Crippen LogP contribution in [-0.4, -0.2) is 31.0 Å². The zero-order valence-corrected chi connectivity index (χ0v) is 14.1. The van der Waals surface area contributed by atoms with Crippen molar-refractivity contribution < 1.29 is 40.3 Å². The quantitative estimate of drug-likeness (QED) is 0.564. The van der Waals surface area contributed by atoms with Crippen LogP contribution in [0, 0.1) is 5.82 Å². The highest BCUT2D eigenvalue weighted by Gasteiger charge is 2.72. The Balaban J connectivity index is 2.55. The van der Waals surface area contributed by atoms with Crippen LogP contribution in [0.4, 0.5) is 36.4 Å². The lowest BCUT2D eigenvalue weighted by molar-refractivity contribution is -0.294. The van der Waals surface area contributed by atoms with Gasteiger partial charge in [0.1, 0.15) is 11.6 Å². The first kappa shape index (κ1) is 21.3. The second-order valence-corrected chi connectivity index (χ2v) is 5.53. The number of anilines is 1. The van der Waals surface area contributed by atoms with E-state index in [1.54, 1.807) is 0 Å². The Morgan fingerprint density at radius 1 is 0.893 bits per heavy atom. The summed E-state index contributed by atoms with van der Waals surface area (Å²) in [5.41, 5.74) is -6.08. The van der Waals surface area contributed by atoms with Gasteiger partial charge in [0, 0.05) is 5.56 Å². The third-order valence-electron chi connectivity index (χ3n) is 3.69. The molecule has 0 aliphatic carbocycles. The molecule has 0 aliphatic heterocycles. The van der Waals surface area contributed by atoms with Crippen molar-refractivity contribution in [2.24, 2.45) is 0 Å². The molecule has 28 heavy (non-hydrogen) atoms. The summed E-state index contributed by atoms with van der Waals surface area (Å²) < 4.78 is 99.5. The number of hydrogen-bond acceptors (Lipinski definition) is 3. The molecule has 1 amide bonds. The van der Waals surface area contributed by atoms with Crippen LogP contribution in [0.2, 0.25) is 0 Å². The van der Waals surface area contributed by atoms with E-state index in [4.69, 9.17) is 4.74 Å². The first-order chi connectivity index (χ1) is 12.9. The smallest absolute Gasteiger partial charge is 0.439 e. The van der Waals surface area contributed by atoms with Gasteiger partial charge in [-0.25, -0.2) is 4.39 Å². The number of nitrogens with one attached hydrogen (secondary N) is 2. The number of amides is 1. The Labute approximate surface area is 154 Å². The average Bonchev–Trinajstić information content (AvgIpc) is 2.60. The molecule has 0 spiro atoms. The van der Waals surface area contributed by atoms with Gasteiger partial charge < -0.3 is 15.4 Å². The van der Waals surface area contributed by atoms with Gasteiger partial charge in [0.2, 0.25) is 0 Å². The molecule has 0 bridgehead atoms. The average molecular weight is 410 g/mol. The van der Waals surface area contributed by atoms with Crippen molar-refractivity contribution >= 4 is 11.6 Å². The minimum Gasteiger partial charge on any atom is -0.495 e. The van der Waals surface area contributed by atoms with Crippen molar-refractivity contribution in [2.45, 2.75) is 18.0 Å². The highest BCUT2D eigenvalue weighted by atomic mass is 19.4. The standard InChI is InChI=1S/C17H13F7N2O2/c1-28-13-5-3-2-4-12(13)25-15(16(19,20)21,17(22,23)24)26-14(27)10-6-8-11(18)9-7-10/h2-9,25H,1H3,(H,26,27). The second kappa shape index (κ2) is 7.56. The minimum atomic E-state index is -6.00. The van der Waals surface area contributed by atoms with E-state index in [2.05, 4.69) is 0 Å². The molecule has 152 valence electrons. The molecule has 0 atom stereocenters. The molecule has 0 unspecified atom stereocenters. The van der Waals surface area contributed by atoms with Crippen LogP contribution in [0.3, 0.4) is 0 Å². The molecular weight excluding hydrogens is 397 g/mol. The fraction of sp³-hybridized carbons (Fsp3) is 0.235. The maximum absolute atomic E-state index is 13.6. The van der Waals surface area contributed by atoms with Gasteiger partial charge in [-0.1, -0.05) is 12.1 Å². The fourth-order valence-electron chi connectivity index (χ4n) is 2.27. The third kappa shape index (κ3) is 4.12. The maximum Gasteiger partial charge on any atom is 0.439 e. The molecule has 0 radical (unpaired) electrons. The van der Waals surface area contributed by atoms with E-state index in [1.165, 1.54) is 17.4 Å². The predicted molar refractivity (Wildman–Crippen MR) is 85.3 cm³/mol. The molecule has 2 N–H and O–H groups in total. The summed E-state index contributed by atoms with van der Waals surface area (Å²) in [6, 6.07) is 7.55. The van der Waals surface area contributed by atoms with Crippen LogP contribution in [0.1, 0.15) is 10.4 Å².